The van der Waals surface area contributed by atoms with Gasteiger partial charge in [0, 0.05) is 30.4 Å². The van der Waals surface area contributed by atoms with E-state index in [1.807, 2.05) is 92.7 Å². The molecule has 7 nitrogen and oxygen atoms in total. The van der Waals surface area contributed by atoms with Crippen molar-refractivity contribution in [1.82, 2.24) is 9.99 Å². The van der Waals surface area contributed by atoms with Crippen molar-refractivity contribution in [3.63, 3.8) is 0 Å². The highest BCUT2D eigenvalue weighted by Gasteiger charge is 2.13. The zero-order valence-electron chi connectivity index (χ0n) is 21.2. The number of aromatic nitrogens is 1. The number of nitrogens with two attached hydrogens (primary N) is 1. The van der Waals surface area contributed by atoms with Gasteiger partial charge in [0.1, 0.15) is 11.5 Å². The number of pyridine rings is 1. The van der Waals surface area contributed by atoms with Crippen molar-refractivity contribution in [2.24, 2.45) is 5.73 Å². The van der Waals surface area contributed by atoms with E-state index in [2.05, 4.69) is 10.7 Å². The zero-order chi connectivity index (χ0) is 26.2. The van der Waals surface area contributed by atoms with Gasteiger partial charge in [0.15, 0.2) is 0 Å². The van der Waals surface area contributed by atoms with E-state index in [1.165, 1.54) is 4.68 Å². The maximum absolute atomic E-state index is 13.2. The van der Waals surface area contributed by atoms with Crippen LogP contribution in [0.4, 0.5) is 0 Å². The minimum atomic E-state index is -0.255. The number of hydrogen-bond donors (Lipinski definition) is 3. The first-order chi connectivity index (χ1) is 17.9. The molecule has 0 saturated carbocycles. The van der Waals surface area contributed by atoms with Gasteiger partial charge in [-0.2, -0.15) is 0 Å². The van der Waals surface area contributed by atoms with Crippen LogP contribution in [0.3, 0.4) is 0 Å². The molecule has 0 unspecified atom stereocenters. The number of para-hydroxylation sites is 2. The Bertz CT molecular complexity index is 1430. The van der Waals surface area contributed by atoms with Crippen molar-refractivity contribution in [2.45, 2.75) is 39.9 Å². The Balaban J connectivity index is 1.44. The Hall–Kier alpha value is -4.36. The van der Waals surface area contributed by atoms with Crippen molar-refractivity contribution in [1.29, 1.82) is 0 Å². The monoisotopic (exact) mass is 496 g/mol. The molecule has 1 aromatic heterocycles. The molecule has 1 amide bonds. The van der Waals surface area contributed by atoms with Crippen molar-refractivity contribution in [3.8, 4) is 11.5 Å². The zero-order valence-corrected chi connectivity index (χ0v) is 21.2. The number of ether oxygens (including phenoxy) is 1. The van der Waals surface area contributed by atoms with Crippen molar-refractivity contribution in [3.05, 3.63) is 129 Å². The molecular formula is C30H32N4O3. The van der Waals surface area contributed by atoms with Crippen LogP contribution in [0, 0.1) is 13.8 Å². The number of aryl methyl sites for hydroxylation is 2. The fraction of sp³-hybridized carbons (Fsp3) is 0.200. The summed E-state index contributed by atoms with van der Waals surface area (Å²) in [6, 6.07) is 25.0. The fourth-order valence-corrected chi connectivity index (χ4v) is 4.08. The van der Waals surface area contributed by atoms with Gasteiger partial charge in [-0.25, -0.2) is 4.68 Å². The first-order valence-electron chi connectivity index (χ1n) is 12.3. The molecule has 4 N–H and O–H groups in total. The number of rotatable bonds is 10. The summed E-state index contributed by atoms with van der Waals surface area (Å²) in [5, 5.41) is 2.93. The van der Waals surface area contributed by atoms with Gasteiger partial charge < -0.3 is 21.2 Å². The molecule has 0 saturated heterocycles. The lowest BCUT2D eigenvalue weighted by Gasteiger charge is -2.15. The lowest BCUT2D eigenvalue weighted by Crippen LogP contribution is -2.34. The molecule has 0 aliphatic carbocycles. The molecule has 4 aromatic rings. The molecule has 0 fully saturated rings. The molecule has 7 heteroatoms. The fourth-order valence-electron chi connectivity index (χ4n) is 4.08. The van der Waals surface area contributed by atoms with Crippen molar-refractivity contribution < 1.29 is 9.53 Å². The van der Waals surface area contributed by atoms with E-state index in [0.29, 0.717) is 30.9 Å². The summed E-state index contributed by atoms with van der Waals surface area (Å²) >= 11 is 0. The molecular weight excluding hydrogens is 464 g/mol. The number of benzene rings is 3. The average Bonchev–Trinajstić information content (AvgIpc) is 2.91. The van der Waals surface area contributed by atoms with Gasteiger partial charge in [-0.15, -0.1) is 0 Å². The standard InChI is InChI=1S/C30H32N4O3/c1-21-12-13-23(18-31)25(16-21)19-32-29(35)17-27-22(2)14-15-34(30(27)36)33-20-24-8-6-7-11-28(24)37-26-9-4-3-5-10-26/h3-16,33H,17-20,31H2,1-2H3,(H,32,35). The summed E-state index contributed by atoms with van der Waals surface area (Å²) in [5.74, 6) is 1.22. The number of amides is 1. The molecule has 0 aliphatic rings. The van der Waals surface area contributed by atoms with Gasteiger partial charge in [-0.3, -0.25) is 9.59 Å². The summed E-state index contributed by atoms with van der Waals surface area (Å²) in [7, 11) is 0. The maximum Gasteiger partial charge on any atom is 0.272 e. The van der Waals surface area contributed by atoms with Gasteiger partial charge in [0.25, 0.3) is 5.56 Å². The van der Waals surface area contributed by atoms with E-state index in [4.69, 9.17) is 10.5 Å². The van der Waals surface area contributed by atoms with Crippen LogP contribution in [0.1, 0.15) is 33.4 Å². The topological polar surface area (TPSA) is 98.4 Å². The molecule has 190 valence electrons. The van der Waals surface area contributed by atoms with Crippen LogP contribution >= 0.6 is 0 Å². The quantitative estimate of drug-likeness (QED) is 0.304. The third-order valence-corrected chi connectivity index (χ3v) is 6.21. The normalized spacial score (nSPS) is 10.7. The predicted octanol–water partition coefficient (Wildman–Crippen LogP) is 4.32. The summed E-state index contributed by atoms with van der Waals surface area (Å²) in [5.41, 5.74) is 13.9. The minimum absolute atomic E-state index is 0.00926. The second-order valence-corrected chi connectivity index (χ2v) is 8.94. The second kappa shape index (κ2) is 12.1. The second-order valence-electron chi connectivity index (χ2n) is 8.94. The van der Waals surface area contributed by atoms with Crippen LogP contribution in [-0.2, 0) is 30.8 Å². The van der Waals surface area contributed by atoms with Gasteiger partial charge in [-0.05, 0) is 54.8 Å². The Labute approximate surface area is 216 Å². The molecule has 4 rings (SSSR count). The van der Waals surface area contributed by atoms with E-state index in [1.54, 1.807) is 6.20 Å². The molecule has 0 aliphatic heterocycles. The summed E-state index contributed by atoms with van der Waals surface area (Å²) < 4.78 is 7.44. The summed E-state index contributed by atoms with van der Waals surface area (Å²) in [6.45, 7) is 4.97. The Kier molecular flexibility index (Phi) is 8.38. The van der Waals surface area contributed by atoms with Crippen LogP contribution in [-0.4, -0.2) is 10.6 Å². The summed E-state index contributed by atoms with van der Waals surface area (Å²) in [6.07, 6.45) is 1.67. The molecule has 3 aromatic carbocycles. The van der Waals surface area contributed by atoms with E-state index >= 15 is 0 Å². The first kappa shape index (κ1) is 25.7. The lowest BCUT2D eigenvalue weighted by molar-refractivity contribution is -0.120. The van der Waals surface area contributed by atoms with E-state index in [-0.39, 0.29) is 17.9 Å². The first-order valence-corrected chi connectivity index (χ1v) is 12.3. The van der Waals surface area contributed by atoms with Crippen LogP contribution < -0.4 is 26.8 Å². The molecule has 1 heterocycles. The van der Waals surface area contributed by atoms with Gasteiger partial charge in [0.2, 0.25) is 5.91 Å². The highest BCUT2D eigenvalue weighted by molar-refractivity contribution is 5.78. The molecule has 0 bridgehead atoms. The van der Waals surface area contributed by atoms with Gasteiger partial charge in [-0.1, -0.05) is 60.2 Å². The minimum Gasteiger partial charge on any atom is -0.457 e. The number of carbonyl (C=O) groups is 1. The lowest BCUT2D eigenvalue weighted by atomic mass is 10.0. The summed E-state index contributed by atoms with van der Waals surface area (Å²) in [4.78, 5) is 26.0. The van der Waals surface area contributed by atoms with Crippen LogP contribution in [0.2, 0.25) is 0 Å². The predicted molar refractivity (Wildman–Crippen MR) is 146 cm³/mol. The van der Waals surface area contributed by atoms with E-state index < -0.39 is 0 Å². The smallest absolute Gasteiger partial charge is 0.272 e. The number of hydrogen-bond acceptors (Lipinski definition) is 5. The van der Waals surface area contributed by atoms with Crippen LogP contribution in [0.5, 0.6) is 11.5 Å². The highest BCUT2D eigenvalue weighted by atomic mass is 16.5. The van der Waals surface area contributed by atoms with Crippen molar-refractivity contribution in [2.75, 3.05) is 5.43 Å². The molecule has 0 atom stereocenters. The highest BCUT2D eigenvalue weighted by Crippen LogP contribution is 2.25. The van der Waals surface area contributed by atoms with E-state index in [0.717, 1.165) is 33.6 Å². The Morgan fingerprint density at radius 2 is 1.65 bits per heavy atom. The van der Waals surface area contributed by atoms with Gasteiger partial charge in [0.05, 0.1) is 13.0 Å². The Morgan fingerprint density at radius 3 is 2.43 bits per heavy atom. The SMILES string of the molecule is Cc1ccc(CN)c(CNC(=O)Cc2c(C)ccn(NCc3ccccc3Oc3ccccc3)c2=O)c1. The van der Waals surface area contributed by atoms with Crippen LogP contribution in [0.15, 0.2) is 89.9 Å². The number of nitrogens with zero attached hydrogens (tertiary/aromatic N) is 1. The molecule has 0 spiro atoms. The number of carbonyl (C=O) groups excluding carboxylic acids is 1. The van der Waals surface area contributed by atoms with E-state index in [9.17, 15) is 9.59 Å². The third-order valence-electron chi connectivity index (χ3n) is 6.21. The average molecular weight is 497 g/mol. The molecule has 37 heavy (non-hydrogen) atoms. The third kappa shape index (κ3) is 6.65. The molecule has 0 radical (unpaired) electrons. The van der Waals surface area contributed by atoms with Crippen molar-refractivity contribution >= 4 is 5.91 Å². The number of nitrogens with one attached hydrogen (secondary N) is 2. The Morgan fingerprint density at radius 1 is 0.892 bits per heavy atom. The largest absolute Gasteiger partial charge is 0.457 e. The van der Waals surface area contributed by atoms with Gasteiger partial charge >= 0.3 is 0 Å². The maximum atomic E-state index is 13.2. The van der Waals surface area contributed by atoms with Crippen LogP contribution in [0.25, 0.3) is 0 Å².